The van der Waals surface area contributed by atoms with Crippen LogP contribution in [0.3, 0.4) is 0 Å². The summed E-state index contributed by atoms with van der Waals surface area (Å²) in [5.74, 6) is 0.875. The van der Waals surface area contributed by atoms with Crippen molar-refractivity contribution < 1.29 is 19.1 Å². The Bertz CT molecular complexity index is 818. The van der Waals surface area contributed by atoms with Crippen LogP contribution in [0.4, 0.5) is 0 Å². The summed E-state index contributed by atoms with van der Waals surface area (Å²) in [6.45, 7) is 2.40. The Morgan fingerprint density at radius 2 is 1.74 bits per heavy atom. The van der Waals surface area contributed by atoms with Crippen molar-refractivity contribution in [2.75, 3.05) is 20.8 Å². The molecule has 142 valence electrons. The van der Waals surface area contributed by atoms with Gasteiger partial charge in [-0.1, -0.05) is 43.3 Å². The normalized spacial score (nSPS) is 17.9. The molecule has 0 aromatic heterocycles. The minimum absolute atomic E-state index is 0.0220. The zero-order chi connectivity index (χ0) is 19.4. The lowest BCUT2D eigenvalue weighted by atomic mass is 9.86. The van der Waals surface area contributed by atoms with Crippen molar-refractivity contribution in [1.82, 2.24) is 4.90 Å². The molecule has 3 rings (SSSR count). The first-order valence-corrected chi connectivity index (χ1v) is 9.15. The zero-order valence-corrected chi connectivity index (χ0v) is 16.0. The summed E-state index contributed by atoms with van der Waals surface area (Å²) >= 11 is 0. The van der Waals surface area contributed by atoms with E-state index in [1.54, 1.807) is 14.2 Å². The van der Waals surface area contributed by atoms with Crippen molar-refractivity contribution in [2.45, 2.75) is 25.7 Å². The number of imide groups is 1. The molecule has 1 aliphatic heterocycles. The second-order valence-corrected chi connectivity index (χ2v) is 6.83. The van der Waals surface area contributed by atoms with Crippen molar-refractivity contribution in [3.05, 3.63) is 59.7 Å². The molecule has 1 saturated heterocycles. The van der Waals surface area contributed by atoms with Crippen LogP contribution in [0.1, 0.15) is 30.4 Å². The van der Waals surface area contributed by atoms with Crippen molar-refractivity contribution in [1.29, 1.82) is 0 Å². The molecule has 1 fully saturated rings. The lowest BCUT2D eigenvalue weighted by Gasteiger charge is -2.19. The Labute approximate surface area is 159 Å². The fourth-order valence-electron chi connectivity index (χ4n) is 3.60. The number of amides is 2. The van der Waals surface area contributed by atoms with Crippen LogP contribution in [0.5, 0.6) is 11.5 Å². The molecular formula is C22H25NO4. The van der Waals surface area contributed by atoms with E-state index in [0.717, 1.165) is 11.1 Å². The first-order chi connectivity index (χ1) is 13.0. The molecule has 0 spiro atoms. The second-order valence-electron chi connectivity index (χ2n) is 6.83. The molecule has 0 bridgehead atoms. The van der Waals surface area contributed by atoms with E-state index in [1.165, 1.54) is 4.90 Å². The molecule has 0 radical (unpaired) electrons. The lowest BCUT2D eigenvalue weighted by molar-refractivity contribution is -0.139. The molecule has 2 amide bonds. The molecule has 5 nitrogen and oxygen atoms in total. The summed E-state index contributed by atoms with van der Waals surface area (Å²) in [5, 5.41) is 0. The van der Waals surface area contributed by atoms with Crippen LogP contribution in [0.15, 0.2) is 48.5 Å². The highest BCUT2D eigenvalue weighted by Crippen LogP contribution is 2.34. The van der Waals surface area contributed by atoms with Gasteiger partial charge in [-0.05, 0) is 35.6 Å². The highest BCUT2D eigenvalue weighted by atomic mass is 16.5. The van der Waals surface area contributed by atoms with Gasteiger partial charge in [-0.25, -0.2) is 0 Å². The molecule has 0 N–H and O–H groups in total. The molecule has 1 aliphatic rings. The summed E-state index contributed by atoms with van der Waals surface area (Å²) in [4.78, 5) is 26.7. The van der Waals surface area contributed by atoms with Crippen molar-refractivity contribution in [3.63, 3.8) is 0 Å². The number of rotatable bonds is 7. The maximum absolute atomic E-state index is 12.8. The van der Waals surface area contributed by atoms with Crippen molar-refractivity contribution in [2.24, 2.45) is 5.92 Å². The Morgan fingerprint density at radius 3 is 2.41 bits per heavy atom. The van der Waals surface area contributed by atoms with E-state index in [4.69, 9.17) is 9.47 Å². The highest BCUT2D eigenvalue weighted by molar-refractivity contribution is 6.04. The van der Waals surface area contributed by atoms with E-state index >= 15 is 0 Å². The molecule has 0 aliphatic carbocycles. The first-order valence-electron chi connectivity index (χ1n) is 9.15. The van der Waals surface area contributed by atoms with Gasteiger partial charge in [-0.15, -0.1) is 0 Å². The predicted octanol–water partition coefficient (Wildman–Crippen LogP) is 3.43. The number of ether oxygens (including phenoxy) is 2. The number of likely N-dealkylation sites (tertiary alicyclic amines) is 1. The van der Waals surface area contributed by atoms with Crippen molar-refractivity contribution in [3.8, 4) is 11.5 Å². The van der Waals surface area contributed by atoms with Crippen LogP contribution >= 0.6 is 0 Å². The van der Waals surface area contributed by atoms with Crippen LogP contribution in [0.25, 0.3) is 0 Å². The number of hydrogen-bond acceptors (Lipinski definition) is 4. The van der Waals surface area contributed by atoms with Gasteiger partial charge in [0.1, 0.15) is 0 Å². The zero-order valence-electron chi connectivity index (χ0n) is 16.0. The number of carbonyl (C=O) groups excluding carboxylic acids is 2. The summed E-state index contributed by atoms with van der Waals surface area (Å²) < 4.78 is 10.6. The smallest absolute Gasteiger partial charge is 0.233 e. The van der Waals surface area contributed by atoms with Gasteiger partial charge >= 0.3 is 0 Å². The number of methoxy groups -OCH3 is 2. The summed E-state index contributed by atoms with van der Waals surface area (Å²) in [7, 11) is 3.18. The average Bonchev–Trinajstić information content (AvgIpc) is 2.99. The fraction of sp³-hybridized carbons (Fsp3) is 0.364. The highest BCUT2D eigenvalue weighted by Gasteiger charge is 2.41. The third-order valence-electron chi connectivity index (χ3n) is 5.28. The molecule has 1 heterocycles. The largest absolute Gasteiger partial charge is 0.493 e. The van der Waals surface area contributed by atoms with E-state index in [1.807, 2.05) is 55.5 Å². The third-order valence-corrected chi connectivity index (χ3v) is 5.28. The number of benzene rings is 2. The van der Waals surface area contributed by atoms with Gasteiger partial charge in [0.2, 0.25) is 11.8 Å². The summed E-state index contributed by atoms with van der Waals surface area (Å²) in [6.07, 6.45) is 0.866. The standard InChI is InChI=1S/C22H25NO4/c1-15(17-7-5-4-6-8-17)18-14-21(24)23(22(18)25)12-11-16-9-10-19(26-2)20(13-16)27-3/h4-10,13,15,18H,11-12,14H2,1-3H3/t15-,18+/m1/s1. The van der Waals surface area contributed by atoms with Crippen molar-refractivity contribution >= 4 is 11.8 Å². The van der Waals surface area contributed by atoms with Crippen LogP contribution in [-0.4, -0.2) is 37.5 Å². The molecule has 27 heavy (non-hydrogen) atoms. The number of carbonyl (C=O) groups is 2. The molecular weight excluding hydrogens is 342 g/mol. The Kier molecular flexibility index (Phi) is 5.79. The molecule has 0 saturated carbocycles. The number of nitrogens with zero attached hydrogens (tertiary/aromatic N) is 1. The van der Waals surface area contributed by atoms with E-state index in [-0.39, 0.29) is 30.1 Å². The Balaban J connectivity index is 1.67. The van der Waals surface area contributed by atoms with Crippen LogP contribution in [0.2, 0.25) is 0 Å². The topological polar surface area (TPSA) is 55.8 Å². The van der Waals surface area contributed by atoms with Crippen LogP contribution < -0.4 is 9.47 Å². The molecule has 0 unspecified atom stereocenters. The average molecular weight is 367 g/mol. The Morgan fingerprint density at radius 1 is 1.04 bits per heavy atom. The van der Waals surface area contributed by atoms with Gasteiger partial charge < -0.3 is 9.47 Å². The monoisotopic (exact) mass is 367 g/mol. The van der Waals surface area contributed by atoms with E-state index in [9.17, 15) is 9.59 Å². The predicted molar refractivity (Wildman–Crippen MR) is 103 cm³/mol. The molecule has 2 aromatic carbocycles. The summed E-state index contributed by atoms with van der Waals surface area (Å²) in [5.41, 5.74) is 2.08. The maximum Gasteiger partial charge on any atom is 0.233 e. The van der Waals surface area contributed by atoms with Gasteiger partial charge in [0.25, 0.3) is 0 Å². The van der Waals surface area contributed by atoms with E-state index in [2.05, 4.69) is 0 Å². The van der Waals surface area contributed by atoms with Gasteiger partial charge in [0, 0.05) is 13.0 Å². The van der Waals surface area contributed by atoms with Gasteiger partial charge in [-0.3, -0.25) is 14.5 Å². The third kappa shape index (κ3) is 3.97. The fourth-order valence-corrected chi connectivity index (χ4v) is 3.60. The lowest BCUT2D eigenvalue weighted by Crippen LogP contribution is -2.33. The SMILES string of the molecule is COc1ccc(CCN2C(=O)C[C@@H]([C@H](C)c3ccccc3)C2=O)cc1OC. The minimum atomic E-state index is -0.287. The molecule has 2 aromatic rings. The molecule has 2 atom stereocenters. The van der Waals surface area contributed by atoms with Crippen LogP contribution in [0, 0.1) is 5.92 Å². The van der Waals surface area contributed by atoms with E-state index in [0.29, 0.717) is 24.5 Å². The second kappa shape index (κ2) is 8.25. The summed E-state index contributed by atoms with van der Waals surface area (Å²) in [6, 6.07) is 15.5. The van der Waals surface area contributed by atoms with E-state index < -0.39 is 0 Å². The van der Waals surface area contributed by atoms with Gasteiger partial charge in [0.15, 0.2) is 11.5 Å². The number of hydrogen-bond donors (Lipinski definition) is 0. The molecule has 5 heteroatoms. The first kappa shape index (κ1) is 19.0. The van der Waals surface area contributed by atoms with Crippen LogP contribution in [-0.2, 0) is 16.0 Å². The van der Waals surface area contributed by atoms with Gasteiger partial charge in [0.05, 0.1) is 20.1 Å². The maximum atomic E-state index is 12.8. The minimum Gasteiger partial charge on any atom is -0.493 e. The van der Waals surface area contributed by atoms with Gasteiger partial charge in [-0.2, -0.15) is 0 Å². The quantitative estimate of drug-likeness (QED) is 0.704. The Hall–Kier alpha value is -2.82.